The number of carbonyl (C=O) groups excluding carboxylic acids is 2. The molecule has 0 aromatic heterocycles. The predicted molar refractivity (Wildman–Crippen MR) is 126 cm³/mol. The fourth-order valence-corrected chi connectivity index (χ4v) is 3.92. The first kappa shape index (κ1) is 21.6. The van der Waals surface area contributed by atoms with E-state index in [0.717, 1.165) is 22.4 Å². The van der Waals surface area contributed by atoms with Crippen molar-refractivity contribution in [3.05, 3.63) is 108 Å². The summed E-state index contributed by atoms with van der Waals surface area (Å²) in [6, 6.07) is 27.1. The number of benzene rings is 3. The standard InChI is InChI=1S/C28H27NO3/c30-27(29-18-16-25(17-19-29)28(31)24-11-5-2-6-12-24)15-14-22-10-7-13-26(20-22)32-21-23-8-3-1-4-9-23/h1-15,20,25H,16-19,21H2/b15-14+. The summed E-state index contributed by atoms with van der Waals surface area (Å²) >= 11 is 0. The molecule has 4 rings (SSSR count). The van der Waals surface area contributed by atoms with Crippen molar-refractivity contribution in [1.82, 2.24) is 4.90 Å². The molecule has 0 radical (unpaired) electrons. The van der Waals surface area contributed by atoms with Gasteiger partial charge in [0.2, 0.25) is 5.91 Å². The Hall–Kier alpha value is -3.66. The molecule has 4 heteroatoms. The van der Waals surface area contributed by atoms with Crippen LogP contribution in [-0.4, -0.2) is 29.7 Å². The first-order valence-electron chi connectivity index (χ1n) is 11.0. The molecule has 0 bridgehead atoms. The van der Waals surface area contributed by atoms with Crippen molar-refractivity contribution >= 4 is 17.8 Å². The molecule has 0 aliphatic carbocycles. The van der Waals surface area contributed by atoms with E-state index in [-0.39, 0.29) is 17.6 Å². The second kappa shape index (κ2) is 10.6. The molecule has 1 aliphatic rings. The number of nitrogens with zero attached hydrogens (tertiary/aromatic N) is 1. The van der Waals surface area contributed by atoms with Gasteiger partial charge in [-0.25, -0.2) is 0 Å². The fourth-order valence-electron chi connectivity index (χ4n) is 3.92. The molecule has 4 nitrogen and oxygen atoms in total. The SMILES string of the molecule is O=C(c1ccccc1)C1CCN(C(=O)/C=C/c2cccc(OCc3ccccc3)c2)CC1. The molecule has 3 aromatic carbocycles. The van der Waals surface area contributed by atoms with Gasteiger partial charge in [0.05, 0.1) is 0 Å². The third-order valence-corrected chi connectivity index (χ3v) is 5.76. The molecule has 1 amide bonds. The number of piperidine rings is 1. The smallest absolute Gasteiger partial charge is 0.246 e. The average molecular weight is 426 g/mol. The number of likely N-dealkylation sites (tertiary alicyclic amines) is 1. The molecular formula is C28H27NO3. The van der Waals surface area contributed by atoms with Gasteiger partial charge in [-0.15, -0.1) is 0 Å². The molecule has 162 valence electrons. The maximum atomic E-state index is 12.6. The van der Waals surface area contributed by atoms with Crippen molar-refractivity contribution in [3.63, 3.8) is 0 Å². The monoisotopic (exact) mass is 425 g/mol. The van der Waals surface area contributed by atoms with E-state index in [9.17, 15) is 9.59 Å². The van der Waals surface area contributed by atoms with Crippen LogP contribution in [0.2, 0.25) is 0 Å². The van der Waals surface area contributed by atoms with Gasteiger partial charge >= 0.3 is 0 Å². The minimum Gasteiger partial charge on any atom is -0.489 e. The molecule has 0 saturated carbocycles. The average Bonchev–Trinajstić information content (AvgIpc) is 2.87. The van der Waals surface area contributed by atoms with Crippen LogP contribution in [0.25, 0.3) is 6.08 Å². The topological polar surface area (TPSA) is 46.6 Å². The lowest BCUT2D eigenvalue weighted by Crippen LogP contribution is -2.39. The summed E-state index contributed by atoms with van der Waals surface area (Å²) in [6.07, 6.45) is 4.83. The third-order valence-electron chi connectivity index (χ3n) is 5.76. The number of carbonyl (C=O) groups is 2. The summed E-state index contributed by atoms with van der Waals surface area (Å²) in [5, 5.41) is 0. The Morgan fingerprint density at radius 1 is 0.875 bits per heavy atom. The highest BCUT2D eigenvalue weighted by Crippen LogP contribution is 2.22. The molecule has 3 aromatic rings. The van der Waals surface area contributed by atoms with Crippen molar-refractivity contribution in [1.29, 1.82) is 0 Å². The van der Waals surface area contributed by atoms with E-state index < -0.39 is 0 Å². The number of hydrogen-bond donors (Lipinski definition) is 0. The Bertz CT molecular complexity index is 1070. The lowest BCUT2D eigenvalue weighted by molar-refractivity contribution is -0.127. The van der Waals surface area contributed by atoms with Crippen molar-refractivity contribution < 1.29 is 14.3 Å². The Labute approximate surface area is 189 Å². The minimum absolute atomic E-state index is 0.0103. The van der Waals surface area contributed by atoms with Crippen LogP contribution < -0.4 is 4.74 Å². The van der Waals surface area contributed by atoms with Gasteiger partial charge in [-0.1, -0.05) is 72.8 Å². The highest BCUT2D eigenvalue weighted by Gasteiger charge is 2.27. The van der Waals surface area contributed by atoms with E-state index in [2.05, 4.69) is 0 Å². The zero-order chi connectivity index (χ0) is 22.2. The lowest BCUT2D eigenvalue weighted by atomic mass is 9.89. The maximum absolute atomic E-state index is 12.6. The first-order chi connectivity index (χ1) is 15.7. The van der Waals surface area contributed by atoms with Gasteiger partial charge in [0.25, 0.3) is 0 Å². The van der Waals surface area contributed by atoms with Crippen molar-refractivity contribution in [2.75, 3.05) is 13.1 Å². The van der Waals surface area contributed by atoms with E-state index >= 15 is 0 Å². The molecule has 1 saturated heterocycles. The highest BCUT2D eigenvalue weighted by molar-refractivity contribution is 5.98. The van der Waals surface area contributed by atoms with E-state index in [1.807, 2.05) is 95.9 Å². The van der Waals surface area contributed by atoms with Crippen molar-refractivity contribution in [3.8, 4) is 5.75 Å². The van der Waals surface area contributed by atoms with Crippen LogP contribution in [0.15, 0.2) is 91.0 Å². The van der Waals surface area contributed by atoms with Crippen LogP contribution in [0, 0.1) is 5.92 Å². The summed E-state index contributed by atoms with van der Waals surface area (Å²) < 4.78 is 5.87. The van der Waals surface area contributed by atoms with E-state index in [1.165, 1.54) is 0 Å². The molecule has 0 N–H and O–H groups in total. The van der Waals surface area contributed by atoms with E-state index in [0.29, 0.717) is 32.5 Å². The molecule has 1 fully saturated rings. The van der Waals surface area contributed by atoms with Crippen LogP contribution in [0.4, 0.5) is 0 Å². The summed E-state index contributed by atoms with van der Waals surface area (Å²) in [7, 11) is 0. The largest absolute Gasteiger partial charge is 0.489 e. The van der Waals surface area contributed by atoms with Gasteiger partial charge in [-0.05, 0) is 42.2 Å². The van der Waals surface area contributed by atoms with Gasteiger partial charge in [-0.2, -0.15) is 0 Å². The molecule has 1 heterocycles. The number of amides is 1. The third kappa shape index (κ3) is 5.73. The second-order valence-corrected chi connectivity index (χ2v) is 8.01. The number of Topliss-reactive ketones (excluding diaryl/α,β-unsaturated/α-hetero) is 1. The number of ketones is 1. The summed E-state index contributed by atoms with van der Waals surface area (Å²) in [5.41, 5.74) is 2.78. The van der Waals surface area contributed by atoms with Crippen LogP contribution in [-0.2, 0) is 11.4 Å². The fraction of sp³-hybridized carbons (Fsp3) is 0.214. The maximum Gasteiger partial charge on any atom is 0.246 e. The van der Waals surface area contributed by atoms with Gasteiger partial charge in [-0.3, -0.25) is 9.59 Å². The van der Waals surface area contributed by atoms with Crippen LogP contribution in [0.3, 0.4) is 0 Å². The quantitative estimate of drug-likeness (QED) is 0.376. The molecule has 0 spiro atoms. The first-order valence-corrected chi connectivity index (χ1v) is 11.0. The number of ether oxygens (including phenoxy) is 1. The van der Waals surface area contributed by atoms with Crippen molar-refractivity contribution in [2.24, 2.45) is 5.92 Å². The normalized spacial score (nSPS) is 14.4. The highest BCUT2D eigenvalue weighted by atomic mass is 16.5. The van der Waals surface area contributed by atoms with Gasteiger partial charge < -0.3 is 9.64 Å². The second-order valence-electron chi connectivity index (χ2n) is 8.01. The van der Waals surface area contributed by atoms with Gasteiger partial charge in [0, 0.05) is 30.6 Å². The van der Waals surface area contributed by atoms with E-state index in [4.69, 9.17) is 4.74 Å². The summed E-state index contributed by atoms with van der Waals surface area (Å²) in [4.78, 5) is 27.1. The van der Waals surface area contributed by atoms with Crippen LogP contribution >= 0.6 is 0 Å². The number of hydrogen-bond acceptors (Lipinski definition) is 3. The van der Waals surface area contributed by atoms with Crippen LogP contribution in [0.1, 0.15) is 34.3 Å². The minimum atomic E-state index is -0.0220. The van der Waals surface area contributed by atoms with Gasteiger partial charge in [0.1, 0.15) is 12.4 Å². The van der Waals surface area contributed by atoms with Crippen molar-refractivity contribution in [2.45, 2.75) is 19.4 Å². The Kier molecular flexibility index (Phi) is 7.13. The predicted octanol–water partition coefficient (Wildman–Crippen LogP) is 5.40. The Morgan fingerprint density at radius 3 is 2.28 bits per heavy atom. The molecule has 0 unspecified atom stereocenters. The molecular weight excluding hydrogens is 398 g/mol. The Balaban J connectivity index is 1.29. The van der Waals surface area contributed by atoms with E-state index in [1.54, 1.807) is 6.08 Å². The zero-order valence-electron chi connectivity index (χ0n) is 18.0. The van der Waals surface area contributed by atoms with Crippen LogP contribution in [0.5, 0.6) is 5.75 Å². The molecule has 32 heavy (non-hydrogen) atoms. The summed E-state index contributed by atoms with van der Waals surface area (Å²) in [6.45, 7) is 1.71. The lowest BCUT2D eigenvalue weighted by Gasteiger charge is -2.30. The zero-order valence-corrected chi connectivity index (χ0v) is 18.0. The number of rotatable bonds is 7. The molecule has 1 aliphatic heterocycles. The van der Waals surface area contributed by atoms with Gasteiger partial charge in [0.15, 0.2) is 5.78 Å². The summed E-state index contributed by atoms with van der Waals surface area (Å²) in [5.74, 6) is 0.916. The molecule has 0 atom stereocenters. The Morgan fingerprint density at radius 2 is 1.56 bits per heavy atom.